The number of nitrogens with one attached hydrogen (secondary N) is 1. The summed E-state index contributed by atoms with van der Waals surface area (Å²) in [6.45, 7) is 0. The number of carbonyl (C=O) groups excluding carboxylic acids is 1. The van der Waals surface area contributed by atoms with Gasteiger partial charge in [-0.25, -0.2) is 0 Å². The number of hydrogen-bond donors (Lipinski definition) is 1. The first-order valence-electron chi connectivity index (χ1n) is 6.00. The average molecular weight is 284 g/mol. The number of benzene rings is 2. The fourth-order valence-corrected chi connectivity index (χ4v) is 2.06. The van der Waals surface area contributed by atoms with Crippen LogP contribution in [0.1, 0.15) is 10.4 Å². The van der Waals surface area contributed by atoms with E-state index in [1.54, 1.807) is 54.9 Å². The van der Waals surface area contributed by atoms with Gasteiger partial charge in [-0.05, 0) is 36.4 Å². The van der Waals surface area contributed by atoms with Gasteiger partial charge >= 0.3 is 0 Å². The van der Waals surface area contributed by atoms with E-state index in [0.29, 0.717) is 21.8 Å². The van der Waals surface area contributed by atoms with E-state index in [1.165, 1.54) is 0 Å². The Balaban J connectivity index is 1.88. The smallest absolute Gasteiger partial charge is 0.255 e. The van der Waals surface area contributed by atoms with E-state index in [1.807, 2.05) is 0 Å². The van der Waals surface area contributed by atoms with Crippen LogP contribution < -0.4 is 5.32 Å². The Morgan fingerprint density at radius 2 is 1.80 bits per heavy atom. The summed E-state index contributed by atoms with van der Waals surface area (Å²) >= 11 is 5.88. The van der Waals surface area contributed by atoms with Crippen molar-refractivity contribution in [2.24, 2.45) is 0 Å². The zero-order chi connectivity index (χ0) is 13.9. The van der Waals surface area contributed by atoms with Crippen molar-refractivity contribution in [2.75, 3.05) is 5.32 Å². The molecule has 0 fully saturated rings. The van der Waals surface area contributed by atoms with Crippen LogP contribution in [0.15, 0.2) is 54.9 Å². The summed E-state index contributed by atoms with van der Waals surface area (Å²) in [5.41, 5.74) is 2.62. The number of rotatable bonds is 2. The van der Waals surface area contributed by atoms with Crippen LogP contribution in [0.4, 0.5) is 5.69 Å². The van der Waals surface area contributed by atoms with Crippen LogP contribution in [0.25, 0.3) is 11.0 Å². The van der Waals surface area contributed by atoms with Gasteiger partial charge in [0.25, 0.3) is 5.91 Å². The molecule has 1 N–H and O–H groups in total. The van der Waals surface area contributed by atoms with Gasteiger partial charge in [0.15, 0.2) is 0 Å². The molecule has 3 aromatic rings. The lowest BCUT2D eigenvalue weighted by Crippen LogP contribution is -2.11. The number of halogens is 1. The van der Waals surface area contributed by atoms with Crippen LogP contribution >= 0.6 is 11.6 Å². The van der Waals surface area contributed by atoms with Crippen LogP contribution in [0.3, 0.4) is 0 Å². The molecule has 4 nitrogen and oxygen atoms in total. The van der Waals surface area contributed by atoms with Crippen molar-refractivity contribution < 1.29 is 4.79 Å². The third kappa shape index (κ3) is 2.60. The predicted molar refractivity (Wildman–Crippen MR) is 78.9 cm³/mol. The Labute approximate surface area is 120 Å². The van der Waals surface area contributed by atoms with Crippen molar-refractivity contribution in [1.82, 2.24) is 9.97 Å². The summed E-state index contributed by atoms with van der Waals surface area (Å²) in [5, 5.41) is 3.37. The molecule has 0 bridgehead atoms. The maximum absolute atomic E-state index is 12.2. The van der Waals surface area contributed by atoms with E-state index in [4.69, 9.17) is 11.6 Å². The minimum absolute atomic E-state index is 0.209. The van der Waals surface area contributed by atoms with E-state index in [0.717, 1.165) is 5.52 Å². The predicted octanol–water partition coefficient (Wildman–Crippen LogP) is 3.54. The molecular formula is C15H10ClN3O. The van der Waals surface area contributed by atoms with E-state index in [9.17, 15) is 4.79 Å². The van der Waals surface area contributed by atoms with Crippen molar-refractivity contribution in [3.05, 3.63) is 65.4 Å². The van der Waals surface area contributed by atoms with E-state index < -0.39 is 0 Å². The second kappa shape index (κ2) is 5.27. The molecule has 1 aromatic heterocycles. The first-order chi connectivity index (χ1) is 9.72. The largest absolute Gasteiger partial charge is 0.322 e. The maximum atomic E-state index is 12.2. The SMILES string of the molecule is O=C(Nc1cccc(Cl)c1)c1ccc2nccnc2c1. The molecule has 0 radical (unpaired) electrons. The zero-order valence-corrected chi connectivity index (χ0v) is 11.1. The Hall–Kier alpha value is -2.46. The molecule has 98 valence electrons. The van der Waals surface area contributed by atoms with Gasteiger partial charge in [-0.2, -0.15) is 0 Å². The fraction of sp³-hybridized carbons (Fsp3) is 0. The van der Waals surface area contributed by atoms with Gasteiger partial charge in [0.1, 0.15) is 0 Å². The van der Waals surface area contributed by atoms with E-state index in [-0.39, 0.29) is 5.91 Å². The Bertz CT molecular complexity index is 789. The number of carbonyl (C=O) groups is 1. The molecule has 5 heteroatoms. The van der Waals surface area contributed by atoms with Gasteiger partial charge in [-0.15, -0.1) is 0 Å². The zero-order valence-electron chi connectivity index (χ0n) is 10.4. The van der Waals surface area contributed by atoms with Crippen LogP contribution in [0.5, 0.6) is 0 Å². The molecule has 0 atom stereocenters. The van der Waals surface area contributed by atoms with Crippen LogP contribution in [-0.4, -0.2) is 15.9 Å². The number of anilines is 1. The van der Waals surface area contributed by atoms with Gasteiger partial charge in [0.05, 0.1) is 11.0 Å². The summed E-state index contributed by atoms with van der Waals surface area (Å²) < 4.78 is 0. The molecule has 0 saturated heterocycles. The van der Waals surface area contributed by atoms with Crippen molar-refractivity contribution >= 4 is 34.2 Å². The van der Waals surface area contributed by atoms with Crippen molar-refractivity contribution in [3.63, 3.8) is 0 Å². The van der Waals surface area contributed by atoms with Gasteiger partial charge < -0.3 is 5.32 Å². The van der Waals surface area contributed by atoms with Crippen LogP contribution in [0, 0.1) is 0 Å². The highest BCUT2D eigenvalue weighted by Crippen LogP contribution is 2.17. The molecule has 20 heavy (non-hydrogen) atoms. The summed E-state index contributed by atoms with van der Waals surface area (Å²) in [5.74, 6) is -0.209. The van der Waals surface area contributed by atoms with E-state index in [2.05, 4.69) is 15.3 Å². The van der Waals surface area contributed by atoms with Gasteiger partial charge in [0, 0.05) is 28.7 Å². The number of amides is 1. The molecule has 2 aromatic carbocycles. The lowest BCUT2D eigenvalue weighted by atomic mass is 10.1. The molecule has 0 aliphatic carbocycles. The second-order valence-corrected chi connectivity index (χ2v) is 4.66. The molecule has 0 aliphatic rings. The minimum Gasteiger partial charge on any atom is -0.322 e. The minimum atomic E-state index is -0.209. The van der Waals surface area contributed by atoms with Crippen molar-refractivity contribution in [2.45, 2.75) is 0 Å². The summed E-state index contributed by atoms with van der Waals surface area (Å²) in [6.07, 6.45) is 3.22. The number of fused-ring (bicyclic) bond motifs is 1. The molecule has 0 aliphatic heterocycles. The van der Waals surface area contributed by atoms with Gasteiger partial charge in [0.2, 0.25) is 0 Å². The molecule has 3 rings (SSSR count). The maximum Gasteiger partial charge on any atom is 0.255 e. The van der Waals surface area contributed by atoms with Crippen molar-refractivity contribution in [3.8, 4) is 0 Å². The summed E-state index contributed by atoms with van der Waals surface area (Å²) in [6, 6.07) is 12.2. The molecular weight excluding hydrogens is 274 g/mol. The lowest BCUT2D eigenvalue weighted by molar-refractivity contribution is 0.102. The Morgan fingerprint density at radius 1 is 1.00 bits per heavy atom. The molecule has 1 heterocycles. The highest BCUT2D eigenvalue weighted by Gasteiger charge is 2.07. The Kier molecular flexibility index (Phi) is 3.31. The summed E-state index contributed by atoms with van der Waals surface area (Å²) in [4.78, 5) is 20.5. The first kappa shape index (κ1) is 12.6. The topological polar surface area (TPSA) is 54.9 Å². The number of aromatic nitrogens is 2. The number of hydrogen-bond acceptors (Lipinski definition) is 3. The monoisotopic (exact) mass is 283 g/mol. The molecule has 0 spiro atoms. The third-order valence-electron chi connectivity index (χ3n) is 2.81. The first-order valence-corrected chi connectivity index (χ1v) is 6.38. The van der Waals surface area contributed by atoms with Crippen LogP contribution in [-0.2, 0) is 0 Å². The standard InChI is InChI=1S/C15H10ClN3O/c16-11-2-1-3-12(9-11)19-15(20)10-4-5-13-14(8-10)18-7-6-17-13/h1-9H,(H,19,20). The van der Waals surface area contributed by atoms with Gasteiger partial charge in [-0.3, -0.25) is 14.8 Å². The molecule has 1 amide bonds. The normalized spacial score (nSPS) is 10.4. The highest BCUT2D eigenvalue weighted by atomic mass is 35.5. The quantitative estimate of drug-likeness (QED) is 0.783. The number of nitrogens with zero attached hydrogens (tertiary/aromatic N) is 2. The fourth-order valence-electron chi connectivity index (χ4n) is 1.87. The molecule has 0 saturated carbocycles. The highest BCUT2D eigenvalue weighted by molar-refractivity contribution is 6.31. The lowest BCUT2D eigenvalue weighted by Gasteiger charge is -2.06. The third-order valence-corrected chi connectivity index (χ3v) is 3.05. The van der Waals surface area contributed by atoms with E-state index >= 15 is 0 Å². The van der Waals surface area contributed by atoms with Crippen molar-refractivity contribution in [1.29, 1.82) is 0 Å². The Morgan fingerprint density at radius 3 is 2.60 bits per heavy atom. The average Bonchev–Trinajstić information content (AvgIpc) is 2.47. The summed E-state index contributed by atoms with van der Waals surface area (Å²) in [7, 11) is 0. The van der Waals surface area contributed by atoms with Crippen LogP contribution in [0.2, 0.25) is 5.02 Å². The van der Waals surface area contributed by atoms with Gasteiger partial charge in [-0.1, -0.05) is 17.7 Å². The molecule has 0 unspecified atom stereocenters. The second-order valence-electron chi connectivity index (χ2n) is 4.22.